The van der Waals surface area contributed by atoms with Gasteiger partial charge in [0, 0.05) is 24.5 Å². The van der Waals surface area contributed by atoms with E-state index >= 15 is 0 Å². The standard InChI is InChI=1S/C16H21N3O3S3/c1-17-9-12-4-6-19(11-12)16(20)15-14(5-8-24-15)25(21,22)18-10-13-3-2-7-23-13/h2-3,5,7-8,12,17-18H,4,6,9-11H2,1H3. The summed E-state index contributed by atoms with van der Waals surface area (Å²) in [4.78, 5) is 15.8. The van der Waals surface area contributed by atoms with E-state index < -0.39 is 10.0 Å². The Hall–Kier alpha value is -1.26. The van der Waals surface area contributed by atoms with E-state index in [9.17, 15) is 13.2 Å². The Bertz CT molecular complexity index is 815. The van der Waals surface area contributed by atoms with Crippen molar-refractivity contribution in [3.05, 3.63) is 38.7 Å². The minimum Gasteiger partial charge on any atom is -0.338 e. The van der Waals surface area contributed by atoms with Gasteiger partial charge in [-0.05, 0) is 48.8 Å². The van der Waals surface area contributed by atoms with Gasteiger partial charge in [-0.25, -0.2) is 13.1 Å². The first-order valence-corrected chi connectivity index (χ1v) is 11.3. The number of nitrogens with one attached hydrogen (secondary N) is 2. The van der Waals surface area contributed by atoms with Crippen molar-refractivity contribution in [2.24, 2.45) is 5.92 Å². The molecule has 1 fully saturated rings. The van der Waals surface area contributed by atoms with Gasteiger partial charge in [-0.15, -0.1) is 22.7 Å². The van der Waals surface area contributed by atoms with Crippen LogP contribution >= 0.6 is 22.7 Å². The van der Waals surface area contributed by atoms with Crippen LogP contribution < -0.4 is 10.0 Å². The highest BCUT2D eigenvalue weighted by Gasteiger charge is 2.31. The van der Waals surface area contributed by atoms with E-state index in [2.05, 4.69) is 10.0 Å². The molecule has 136 valence electrons. The molecule has 3 heterocycles. The number of carbonyl (C=O) groups excluding carboxylic acids is 1. The molecule has 1 saturated heterocycles. The number of rotatable bonds is 7. The van der Waals surface area contributed by atoms with Crippen LogP contribution in [0.1, 0.15) is 21.0 Å². The van der Waals surface area contributed by atoms with Crippen molar-refractivity contribution in [3.8, 4) is 0 Å². The zero-order chi connectivity index (χ0) is 17.9. The smallest absolute Gasteiger partial charge is 0.265 e. The number of carbonyl (C=O) groups is 1. The average Bonchev–Trinajstić information content (AvgIpc) is 3.33. The predicted octanol–water partition coefficient (Wildman–Crippen LogP) is 1.97. The average molecular weight is 400 g/mol. The number of thiophene rings is 2. The van der Waals surface area contributed by atoms with Crippen molar-refractivity contribution >= 4 is 38.6 Å². The van der Waals surface area contributed by atoms with Crippen LogP contribution in [-0.4, -0.2) is 45.9 Å². The first-order chi connectivity index (χ1) is 12.0. The highest BCUT2D eigenvalue weighted by atomic mass is 32.2. The Labute approximate surface area is 155 Å². The molecule has 25 heavy (non-hydrogen) atoms. The molecule has 1 unspecified atom stereocenters. The third-order valence-corrected chi connectivity index (χ3v) is 7.55. The Balaban J connectivity index is 1.72. The Morgan fingerprint density at radius 3 is 2.88 bits per heavy atom. The van der Waals surface area contributed by atoms with Gasteiger partial charge in [0.1, 0.15) is 9.77 Å². The van der Waals surface area contributed by atoms with Crippen LogP contribution in [0, 0.1) is 5.92 Å². The molecular formula is C16H21N3O3S3. The van der Waals surface area contributed by atoms with Crippen molar-refractivity contribution in [1.82, 2.24) is 14.9 Å². The number of nitrogens with zero attached hydrogens (tertiary/aromatic N) is 1. The summed E-state index contributed by atoms with van der Waals surface area (Å²) in [7, 11) is -1.82. The van der Waals surface area contributed by atoms with Crippen molar-refractivity contribution in [2.45, 2.75) is 17.9 Å². The van der Waals surface area contributed by atoms with Crippen molar-refractivity contribution in [3.63, 3.8) is 0 Å². The van der Waals surface area contributed by atoms with Crippen molar-refractivity contribution < 1.29 is 13.2 Å². The Kier molecular flexibility index (Phi) is 5.90. The predicted molar refractivity (Wildman–Crippen MR) is 101 cm³/mol. The summed E-state index contributed by atoms with van der Waals surface area (Å²) in [5.74, 6) is 0.232. The molecule has 2 N–H and O–H groups in total. The molecule has 2 aromatic heterocycles. The third kappa shape index (κ3) is 4.29. The fraction of sp³-hybridized carbons (Fsp3) is 0.438. The molecule has 0 aliphatic carbocycles. The van der Waals surface area contributed by atoms with Crippen molar-refractivity contribution in [2.75, 3.05) is 26.7 Å². The molecule has 1 aliphatic heterocycles. The lowest BCUT2D eigenvalue weighted by atomic mass is 10.1. The molecule has 1 aliphatic rings. The van der Waals surface area contributed by atoms with E-state index in [-0.39, 0.29) is 17.3 Å². The van der Waals surface area contributed by atoms with Crippen LogP contribution in [0.3, 0.4) is 0 Å². The second-order valence-corrected chi connectivity index (χ2v) is 9.67. The molecule has 0 aromatic carbocycles. The maximum Gasteiger partial charge on any atom is 0.265 e. The molecule has 0 radical (unpaired) electrons. The zero-order valence-electron chi connectivity index (χ0n) is 13.9. The summed E-state index contributed by atoms with van der Waals surface area (Å²) in [6.07, 6.45) is 0.941. The summed E-state index contributed by atoms with van der Waals surface area (Å²) >= 11 is 2.68. The first-order valence-electron chi connectivity index (χ1n) is 8.04. The van der Waals surface area contributed by atoms with Gasteiger partial charge < -0.3 is 10.2 Å². The normalized spacial score (nSPS) is 18.0. The molecule has 1 atom stereocenters. The summed E-state index contributed by atoms with van der Waals surface area (Å²) < 4.78 is 27.8. The van der Waals surface area contributed by atoms with E-state index in [1.54, 1.807) is 10.3 Å². The molecule has 3 rings (SSSR count). The fourth-order valence-electron chi connectivity index (χ4n) is 2.94. The summed E-state index contributed by atoms with van der Waals surface area (Å²) in [6.45, 7) is 2.43. The molecule has 6 nitrogen and oxygen atoms in total. The molecule has 1 amide bonds. The Morgan fingerprint density at radius 2 is 2.16 bits per heavy atom. The van der Waals surface area contributed by atoms with E-state index in [0.717, 1.165) is 17.8 Å². The van der Waals surface area contributed by atoms with Gasteiger partial charge in [0.15, 0.2) is 0 Å². The molecular weight excluding hydrogens is 378 g/mol. The van der Waals surface area contributed by atoms with Gasteiger partial charge in [0.25, 0.3) is 5.91 Å². The second kappa shape index (κ2) is 7.96. The van der Waals surface area contributed by atoms with Gasteiger partial charge in [-0.2, -0.15) is 0 Å². The van der Waals surface area contributed by atoms with Crippen LogP contribution in [0.5, 0.6) is 0 Å². The van der Waals surface area contributed by atoms with Gasteiger partial charge in [-0.3, -0.25) is 4.79 Å². The van der Waals surface area contributed by atoms with Crippen LogP contribution in [0.4, 0.5) is 0 Å². The quantitative estimate of drug-likeness (QED) is 0.746. The van der Waals surface area contributed by atoms with Gasteiger partial charge >= 0.3 is 0 Å². The van der Waals surface area contributed by atoms with E-state index in [0.29, 0.717) is 23.9 Å². The second-order valence-electron chi connectivity index (χ2n) is 5.98. The number of hydrogen-bond donors (Lipinski definition) is 2. The molecule has 9 heteroatoms. The molecule has 0 spiro atoms. The number of amides is 1. The van der Waals surface area contributed by atoms with E-state index in [1.165, 1.54) is 28.7 Å². The fourth-order valence-corrected chi connectivity index (χ4v) is 6.07. The number of sulfonamides is 1. The highest BCUT2D eigenvalue weighted by Crippen LogP contribution is 2.26. The summed E-state index contributed by atoms with van der Waals surface area (Å²) in [5.41, 5.74) is 0. The lowest BCUT2D eigenvalue weighted by molar-refractivity contribution is 0.0788. The highest BCUT2D eigenvalue weighted by molar-refractivity contribution is 7.89. The lowest BCUT2D eigenvalue weighted by Crippen LogP contribution is -2.31. The SMILES string of the molecule is CNCC1CCN(C(=O)c2sccc2S(=O)(=O)NCc2cccs2)C1. The molecule has 0 saturated carbocycles. The minimum atomic E-state index is -3.71. The number of hydrogen-bond acceptors (Lipinski definition) is 6. The molecule has 2 aromatic rings. The van der Waals surface area contributed by atoms with Gasteiger partial charge in [-0.1, -0.05) is 6.07 Å². The van der Waals surface area contributed by atoms with Crippen LogP contribution in [0.2, 0.25) is 0 Å². The lowest BCUT2D eigenvalue weighted by Gasteiger charge is -2.16. The van der Waals surface area contributed by atoms with Crippen LogP contribution in [0.25, 0.3) is 0 Å². The summed E-state index contributed by atoms with van der Waals surface area (Å²) in [5, 5.41) is 6.69. The Morgan fingerprint density at radius 1 is 1.32 bits per heavy atom. The topological polar surface area (TPSA) is 78.5 Å². The van der Waals surface area contributed by atoms with E-state index in [4.69, 9.17) is 0 Å². The molecule has 0 bridgehead atoms. The van der Waals surface area contributed by atoms with Gasteiger partial charge in [0.05, 0.1) is 0 Å². The zero-order valence-corrected chi connectivity index (χ0v) is 16.3. The van der Waals surface area contributed by atoms with Crippen LogP contribution in [0.15, 0.2) is 33.9 Å². The number of likely N-dealkylation sites (tertiary alicyclic amines) is 1. The minimum absolute atomic E-state index is 0.0797. The largest absolute Gasteiger partial charge is 0.338 e. The third-order valence-electron chi connectivity index (χ3n) is 4.20. The first kappa shape index (κ1) is 18.5. The maximum absolute atomic E-state index is 12.8. The summed E-state index contributed by atoms with van der Waals surface area (Å²) in [6, 6.07) is 5.26. The van der Waals surface area contributed by atoms with E-state index in [1.807, 2.05) is 24.6 Å². The monoisotopic (exact) mass is 399 g/mol. The van der Waals surface area contributed by atoms with Gasteiger partial charge in [0.2, 0.25) is 10.0 Å². The van der Waals surface area contributed by atoms with Crippen LogP contribution in [-0.2, 0) is 16.6 Å². The maximum atomic E-state index is 12.8. The van der Waals surface area contributed by atoms with Crippen molar-refractivity contribution in [1.29, 1.82) is 0 Å².